The van der Waals surface area contributed by atoms with E-state index in [1.165, 1.54) is 74.0 Å². The molecule has 3 aromatic rings. The fourth-order valence-corrected chi connectivity index (χ4v) is 4.16. The summed E-state index contributed by atoms with van der Waals surface area (Å²) in [7, 11) is 1.41. The molecule has 0 amide bonds. The normalized spacial score (nSPS) is 11.0. The van der Waals surface area contributed by atoms with E-state index in [-0.39, 0.29) is 5.97 Å². The Kier molecular flexibility index (Phi) is 10.3. The molecule has 0 aliphatic carbocycles. The van der Waals surface area contributed by atoms with E-state index in [1.54, 1.807) is 0 Å². The minimum atomic E-state index is -0.294. The third kappa shape index (κ3) is 8.24. The summed E-state index contributed by atoms with van der Waals surface area (Å²) in [5, 5.41) is 2.46. The SMILES string of the molecule is CCCCCCCCCCOc1ccc2cc(CCc3ccc(C(=O)OC)cc3)ccc2c1. The Morgan fingerprint density at radius 1 is 0.697 bits per heavy atom. The van der Waals surface area contributed by atoms with Crippen molar-refractivity contribution in [1.82, 2.24) is 0 Å². The molecule has 0 radical (unpaired) electrons. The Hall–Kier alpha value is -2.81. The van der Waals surface area contributed by atoms with Crippen LogP contribution in [-0.4, -0.2) is 19.7 Å². The van der Waals surface area contributed by atoms with Gasteiger partial charge in [-0.3, -0.25) is 0 Å². The molecule has 0 N–H and O–H groups in total. The standard InChI is InChI=1S/C30H38O3/c1-3-4-5-6-7-8-9-10-21-33-29-20-19-27-22-25(15-18-28(27)23-29)12-11-24-13-16-26(17-14-24)30(31)32-2/h13-20,22-23H,3-12,21H2,1-2H3. The number of hydrogen-bond donors (Lipinski definition) is 0. The van der Waals surface area contributed by atoms with E-state index in [4.69, 9.17) is 9.47 Å². The maximum atomic E-state index is 11.6. The average Bonchev–Trinajstić information content (AvgIpc) is 2.86. The number of benzene rings is 3. The monoisotopic (exact) mass is 446 g/mol. The van der Waals surface area contributed by atoms with Crippen LogP contribution >= 0.6 is 0 Å². The first-order valence-electron chi connectivity index (χ1n) is 12.5. The Labute approximate surface area is 199 Å². The van der Waals surface area contributed by atoms with Gasteiger partial charge in [0.25, 0.3) is 0 Å². The van der Waals surface area contributed by atoms with Gasteiger partial charge in [-0.05, 0) is 65.4 Å². The van der Waals surface area contributed by atoms with Crippen LogP contribution in [0, 0.1) is 0 Å². The summed E-state index contributed by atoms with van der Waals surface area (Å²) in [6.45, 7) is 3.06. The van der Waals surface area contributed by atoms with Gasteiger partial charge in [-0.1, -0.05) is 88.3 Å². The van der Waals surface area contributed by atoms with Crippen LogP contribution in [0.1, 0.15) is 79.8 Å². The van der Waals surface area contributed by atoms with E-state index in [1.807, 2.05) is 24.3 Å². The van der Waals surface area contributed by atoms with Gasteiger partial charge in [0.15, 0.2) is 0 Å². The molecule has 0 fully saturated rings. The van der Waals surface area contributed by atoms with E-state index < -0.39 is 0 Å². The Morgan fingerprint density at radius 3 is 2.03 bits per heavy atom. The zero-order chi connectivity index (χ0) is 23.3. The molecule has 0 bridgehead atoms. The highest BCUT2D eigenvalue weighted by molar-refractivity contribution is 5.89. The summed E-state index contributed by atoms with van der Waals surface area (Å²) in [5.74, 6) is 0.668. The molecule has 0 atom stereocenters. The van der Waals surface area contributed by atoms with Crippen molar-refractivity contribution in [3.63, 3.8) is 0 Å². The van der Waals surface area contributed by atoms with Gasteiger partial charge in [-0.15, -0.1) is 0 Å². The topological polar surface area (TPSA) is 35.5 Å². The minimum Gasteiger partial charge on any atom is -0.494 e. The lowest BCUT2D eigenvalue weighted by molar-refractivity contribution is 0.0600. The highest BCUT2D eigenvalue weighted by atomic mass is 16.5. The number of aryl methyl sites for hydroxylation is 2. The third-order valence-electron chi connectivity index (χ3n) is 6.22. The lowest BCUT2D eigenvalue weighted by atomic mass is 10.0. The molecule has 3 nitrogen and oxygen atoms in total. The van der Waals surface area contributed by atoms with Crippen LogP contribution in [0.15, 0.2) is 60.7 Å². The molecule has 176 valence electrons. The summed E-state index contributed by atoms with van der Waals surface area (Å²) in [5.41, 5.74) is 3.12. The summed E-state index contributed by atoms with van der Waals surface area (Å²) in [6.07, 6.45) is 12.4. The number of esters is 1. The second-order valence-corrected chi connectivity index (χ2v) is 8.86. The zero-order valence-corrected chi connectivity index (χ0v) is 20.3. The highest BCUT2D eigenvalue weighted by Crippen LogP contribution is 2.23. The molecule has 0 aliphatic rings. The molecule has 33 heavy (non-hydrogen) atoms. The van der Waals surface area contributed by atoms with Crippen LogP contribution in [0.3, 0.4) is 0 Å². The highest BCUT2D eigenvalue weighted by Gasteiger charge is 2.05. The molecular weight excluding hydrogens is 408 g/mol. The van der Waals surface area contributed by atoms with Crippen molar-refractivity contribution in [3.8, 4) is 5.75 Å². The predicted molar refractivity (Wildman–Crippen MR) is 137 cm³/mol. The van der Waals surface area contributed by atoms with E-state index in [0.29, 0.717) is 5.56 Å². The van der Waals surface area contributed by atoms with Crippen molar-refractivity contribution < 1.29 is 14.3 Å². The summed E-state index contributed by atoms with van der Waals surface area (Å²) in [4.78, 5) is 11.6. The molecule has 0 saturated carbocycles. The molecule has 3 rings (SSSR count). The molecule has 0 aromatic heterocycles. The van der Waals surface area contributed by atoms with E-state index in [9.17, 15) is 4.79 Å². The fraction of sp³-hybridized carbons (Fsp3) is 0.433. The molecule has 0 heterocycles. The number of rotatable bonds is 14. The van der Waals surface area contributed by atoms with Gasteiger partial charge in [-0.2, -0.15) is 0 Å². The van der Waals surface area contributed by atoms with Crippen LogP contribution in [-0.2, 0) is 17.6 Å². The van der Waals surface area contributed by atoms with Crippen molar-refractivity contribution in [2.45, 2.75) is 71.1 Å². The van der Waals surface area contributed by atoms with E-state index in [0.717, 1.165) is 31.6 Å². The van der Waals surface area contributed by atoms with Crippen LogP contribution in [0.25, 0.3) is 10.8 Å². The maximum Gasteiger partial charge on any atom is 0.337 e. The third-order valence-corrected chi connectivity index (χ3v) is 6.22. The second kappa shape index (κ2) is 13.7. The summed E-state index contributed by atoms with van der Waals surface area (Å²) in [6, 6.07) is 20.7. The lowest BCUT2D eigenvalue weighted by Crippen LogP contribution is -2.01. The fourth-order valence-electron chi connectivity index (χ4n) is 4.16. The van der Waals surface area contributed by atoms with Crippen molar-refractivity contribution in [2.24, 2.45) is 0 Å². The zero-order valence-electron chi connectivity index (χ0n) is 20.3. The smallest absolute Gasteiger partial charge is 0.337 e. The van der Waals surface area contributed by atoms with Crippen molar-refractivity contribution >= 4 is 16.7 Å². The molecule has 0 aliphatic heterocycles. The second-order valence-electron chi connectivity index (χ2n) is 8.86. The van der Waals surface area contributed by atoms with Crippen molar-refractivity contribution in [1.29, 1.82) is 0 Å². The van der Waals surface area contributed by atoms with E-state index in [2.05, 4.69) is 43.3 Å². The maximum absolute atomic E-state index is 11.6. The molecule has 0 spiro atoms. The molecule has 0 saturated heterocycles. The number of hydrogen-bond acceptors (Lipinski definition) is 3. The summed E-state index contributed by atoms with van der Waals surface area (Å²) < 4.78 is 10.8. The first-order valence-corrected chi connectivity index (χ1v) is 12.5. The Balaban J connectivity index is 1.43. The van der Waals surface area contributed by atoms with Crippen LogP contribution in [0.4, 0.5) is 0 Å². The number of fused-ring (bicyclic) bond motifs is 1. The quantitative estimate of drug-likeness (QED) is 0.186. The number of unbranched alkanes of at least 4 members (excludes halogenated alkanes) is 7. The molecule has 3 heteroatoms. The molecular formula is C30H38O3. The Morgan fingerprint density at radius 2 is 1.30 bits per heavy atom. The van der Waals surface area contributed by atoms with Crippen LogP contribution < -0.4 is 4.74 Å². The van der Waals surface area contributed by atoms with Crippen molar-refractivity contribution in [2.75, 3.05) is 13.7 Å². The number of methoxy groups -OCH3 is 1. The number of carbonyl (C=O) groups excluding carboxylic acids is 1. The Bertz CT molecular complexity index is 991. The van der Waals surface area contributed by atoms with Gasteiger partial charge >= 0.3 is 5.97 Å². The van der Waals surface area contributed by atoms with E-state index >= 15 is 0 Å². The lowest BCUT2D eigenvalue weighted by Gasteiger charge is -2.09. The van der Waals surface area contributed by atoms with Gasteiger partial charge in [0.1, 0.15) is 5.75 Å². The van der Waals surface area contributed by atoms with Crippen LogP contribution in [0.5, 0.6) is 5.75 Å². The van der Waals surface area contributed by atoms with Gasteiger partial charge in [-0.25, -0.2) is 4.79 Å². The number of carbonyl (C=O) groups is 1. The minimum absolute atomic E-state index is 0.294. The van der Waals surface area contributed by atoms with Gasteiger partial charge in [0.2, 0.25) is 0 Å². The van der Waals surface area contributed by atoms with Crippen LogP contribution in [0.2, 0.25) is 0 Å². The van der Waals surface area contributed by atoms with Gasteiger partial charge in [0.05, 0.1) is 19.3 Å². The van der Waals surface area contributed by atoms with Crippen molar-refractivity contribution in [3.05, 3.63) is 77.4 Å². The molecule has 0 unspecified atom stereocenters. The van der Waals surface area contributed by atoms with Gasteiger partial charge in [0, 0.05) is 0 Å². The first-order chi connectivity index (χ1) is 16.2. The predicted octanol–water partition coefficient (Wildman–Crippen LogP) is 7.93. The summed E-state index contributed by atoms with van der Waals surface area (Å²) >= 11 is 0. The average molecular weight is 447 g/mol. The first kappa shape index (κ1) is 24.8. The largest absolute Gasteiger partial charge is 0.494 e. The molecule has 3 aromatic carbocycles. The van der Waals surface area contributed by atoms with Gasteiger partial charge < -0.3 is 9.47 Å². The number of ether oxygens (including phenoxy) is 2.